The van der Waals surface area contributed by atoms with Gasteiger partial charge >= 0.3 is 0 Å². The van der Waals surface area contributed by atoms with Crippen LogP contribution in [0.2, 0.25) is 0 Å². The molecule has 1 aromatic carbocycles. The van der Waals surface area contributed by atoms with E-state index < -0.39 is 0 Å². The Bertz CT molecular complexity index is 433. The van der Waals surface area contributed by atoms with Crippen LogP contribution in [0, 0.1) is 0 Å². The van der Waals surface area contributed by atoms with Crippen molar-refractivity contribution in [2.75, 3.05) is 13.7 Å². The third-order valence-electron chi connectivity index (χ3n) is 4.37. The van der Waals surface area contributed by atoms with Gasteiger partial charge in [0.25, 0.3) is 0 Å². The molecule has 0 saturated carbocycles. The Labute approximate surface area is 116 Å². The number of rotatable bonds is 5. The zero-order chi connectivity index (χ0) is 13.9. The molecule has 0 spiro atoms. The van der Waals surface area contributed by atoms with E-state index in [2.05, 4.69) is 37.4 Å². The number of ether oxygens (including phenoxy) is 1. The van der Waals surface area contributed by atoms with Crippen molar-refractivity contribution >= 4 is 0 Å². The monoisotopic (exact) mass is 262 g/mol. The third-order valence-corrected chi connectivity index (χ3v) is 4.37. The van der Waals surface area contributed by atoms with Crippen LogP contribution in [0.15, 0.2) is 18.2 Å². The van der Waals surface area contributed by atoms with Gasteiger partial charge in [-0.05, 0) is 55.9 Å². The van der Waals surface area contributed by atoms with Crippen LogP contribution in [0.25, 0.3) is 0 Å². The van der Waals surface area contributed by atoms with Gasteiger partial charge in [-0.1, -0.05) is 13.0 Å². The predicted molar refractivity (Wildman–Crippen MR) is 79.7 cm³/mol. The molecule has 0 aromatic heterocycles. The predicted octanol–water partition coefficient (Wildman–Crippen LogP) is 2.27. The first-order valence-electron chi connectivity index (χ1n) is 7.26. The van der Waals surface area contributed by atoms with Crippen LogP contribution in [-0.4, -0.2) is 25.2 Å². The highest BCUT2D eigenvalue weighted by Gasteiger charge is 2.33. The first kappa shape index (κ1) is 14.4. The maximum absolute atomic E-state index is 6.08. The van der Waals surface area contributed by atoms with E-state index in [1.165, 1.54) is 11.1 Å². The largest absolute Gasteiger partial charge is 0.497 e. The summed E-state index contributed by atoms with van der Waals surface area (Å²) in [4.78, 5) is 0. The number of hydrogen-bond donors (Lipinski definition) is 2. The smallest absolute Gasteiger partial charge is 0.119 e. The highest BCUT2D eigenvalue weighted by atomic mass is 16.5. The Morgan fingerprint density at radius 2 is 2.21 bits per heavy atom. The van der Waals surface area contributed by atoms with Gasteiger partial charge in [-0.2, -0.15) is 0 Å². The van der Waals surface area contributed by atoms with Gasteiger partial charge in [0.1, 0.15) is 5.75 Å². The Morgan fingerprint density at radius 3 is 2.84 bits per heavy atom. The lowest BCUT2D eigenvalue weighted by Crippen LogP contribution is -2.57. The number of fused-ring (bicyclic) bond motifs is 1. The summed E-state index contributed by atoms with van der Waals surface area (Å²) in [7, 11) is 1.72. The number of nitrogens with two attached hydrogens (primary N) is 1. The van der Waals surface area contributed by atoms with Gasteiger partial charge in [-0.3, -0.25) is 0 Å². The molecule has 0 amide bonds. The lowest BCUT2D eigenvalue weighted by atomic mass is 9.77. The molecule has 3 nitrogen and oxygen atoms in total. The molecule has 0 aliphatic heterocycles. The number of benzene rings is 1. The lowest BCUT2D eigenvalue weighted by Gasteiger charge is -2.40. The van der Waals surface area contributed by atoms with Gasteiger partial charge in [0, 0.05) is 18.1 Å². The van der Waals surface area contributed by atoms with Gasteiger partial charge in [0.05, 0.1) is 7.11 Å². The minimum atomic E-state index is 0.0504. The van der Waals surface area contributed by atoms with E-state index in [1.54, 1.807) is 7.11 Å². The number of methoxy groups -OCH3 is 1. The second kappa shape index (κ2) is 5.93. The van der Waals surface area contributed by atoms with Gasteiger partial charge < -0.3 is 15.8 Å². The molecule has 0 bridgehead atoms. The summed E-state index contributed by atoms with van der Waals surface area (Å²) in [6, 6.07) is 6.92. The summed E-state index contributed by atoms with van der Waals surface area (Å²) in [5, 5.41) is 3.74. The minimum absolute atomic E-state index is 0.0504. The molecule has 1 aromatic rings. The van der Waals surface area contributed by atoms with Crippen LogP contribution in [0.4, 0.5) is 0 Å². The molecule has 1 aliphatic rings. The number of hydrogen-bond acceptors (Lipinski definition) is 3. The van der Waals surface area contributed by atoms with Crippen molar-refractivity contribution in [1.82, 2.24) is 5.32 Å². The van der Waals surface area contributed by atoms with E-state index >= 15 is 0 Å². The topological polar surface area (TPSA) is 47.3 Å². The molecule has 3 heteroatoms. The van der Waals surface area contributed by atoms with Crippen LogP contribution in [-0.2, 0) is 12.8 Å². The standard InChI is InChI=1S/C16H26N2O/c1-4-12(2)18-16(11-17)8-7-13-5-6-15(19-3)9-14(13)10-16/h5-6,9,12,18H,4,7-8,10-11,17H2,1-3H3. The fourth-order valence-electron chi connectivity index (χ4n) is 2.95. The number of aryl methyl sites for hydroxylation is 1. The molecule has 3 N–H and O–H groups in total. The SMILES string of the molecule is CCC(C)NC1(CN)CCc2ccc(OC)cc2C1. The van der Waals surface area contributed by atoms with Gasteiger partial charge in [0.15, 0.2) is 0 Å². The van der Waals surface area contributed by atoms with Crippen LogP contribution in [0.3, 0.4) is 0 Å². The van der Waals surface area contributed by atoms with E-state index in [1.807, 2.05) is 0 Å². The molecular weight excluding hydrogens is 236 g/mol. The van der Waals surface area contributed by atoms with Crippen molar-refractivity contribution < 1.29 is 4.74 Å². The van der Waals surface area contributed by atoms with E-state index in [0.29, 0.717) is 12.6 Å². The lowest BCUT2D eigenvalue weighted by molar-refractivity contribution is 0.262. The summed E-state index contributed by atoms with van der Waals surface area (Å²) >= 11 is 0. The zero-order valence-electron chi connectivity index (χ0n) is 12.3. The van der Waals surface area contributed by atoms with Gasteiger partial charge in [-0.25, -0.2) is 0 Å². The summed E-state index contributed by atoms with van der Waals surface area (Å²) in [5.41, 5.74) is 8.95. The average Bonchev–Trinajstić information content (AvgIpc) is 2.46. The molecule has 0 saturated heterocycles. The van der Waals surface area contributed by atoms with E-state index in [-0.39, 0.29) is 5.54 Å². The molecule has 106 valence electrons. The zero-order valence-corrected chi connectivity index (χ0v) is 12.3. The maximum atomic E-state index is 6.08. The maximum Gasteiger partial charge on any atom is 0.119 e. The highest BCUT2D eigenvalue weighted by molar-refractivity contribution is 5.39. The summed E-state index contributed by atoms with van der Waals surface area (Å²) in [5.74, 6) is 0.940. The molecule has 2 atom stereocenters. The van der Waals surface area contributed by atoms with Crippen molar-refractivity contribution in [3.8, 4) is 5.75 Å². The van der Waals surface area contributed by atoms with Gasteiger partial charge in [0.2, 0.25) is 0 Å². The first-order valence-corrected chi connectivity index (χ1v) is 7.26. The average molecular weight is 262 g/mol. The fourth-order valence-corrected chi connectivity index (χ4v) is 2.95. The first-order chi connectivity index (χ1) is 9.12. The van der Waals surface area contributed by atoms with E-state index in [9.17, 15) is 0 Å². The highest BCUT2D eigenvalue weighted by Crippen LogP contribution is 2.31. The van der Waals surface area contributed by atoms with Crippen molar-refractivity contribution in [1.29, 1.82) is 0 Å². The van der Waals surface area contributed by atoms with Crippen LogP contribution in [0.1, 0.15) is 37.8 Å². The third kappa shape index (κ3) is 3.10. The summed E-state index contributed by atoms with van der Waals surface area (Å²) in [6.45, 7) is 5.13. The molecule has 0 radical (unpaired) electrons. The molecule has 0 fully saturated rings. The molecule has 0 heterocycles. The second-order valence-corrected chi connectivity index (χ2v) is 5.75. The Balaban J connectivity index is 2.22. The van der Waals surface area contributed by atoms with Crippen LogP contribution in [0.5, 0.6) is 5.75 Å². The van der Waals surface area contributed by atoms with Crippen LogP contribution >= 0.6 is 0 Å². The quantitative estimate of drug-likeness (QED) is 0.856. The molecule has 2 unspecified atom stereocenters. The molecule has 1 aliphatic carbocycles. The van der Waals surface area contributed by atoms with E-state index in [4.69, 9.17) is 10.5 Å². The van der Waals surface area contributed by atoms with Crippen molar-refractivity contribution in [2.24, 2.45) is 5.73 Å². The molecular formula is C16H26N2O. The minimum Gasteiger partial charge on any atom is -0.497 e. The molecule has 2 rings (SSSR count). The fraction of sp³-hybridized carbons (Fsp3) is 0.625. The Morgan fingerprint density at radius 1 is 1.42 bits per heavy atom. The summed E-state index contributed by atoms with van der Waals surface area (Å²) < 4.78 is 5.33. The van der Waals surface area contributed by atoms with Crippen LogP contribution < -0.4 is 15.8 Å². The van der Waals surface area contributed by atoms with E-state index in [0.717, 1.165) is 31.4 Å². The van der Waals surface area contributed by atoms with Gasteiger partial charge in [-0.15, -0.1) is 0 Å². The molecule has 19 heavy (non-hydrogen) atoms. The Kier molecular flexibility index (Phi) is 4.48. The van der Waals surface area contributed by atoms with Crippen molar-refractivity contribution in [2.45, 2.75) is 51.1 Å². The summed E-state index contributed by atoms with van der Waals surface area (Å²) in [6.07, 6.45) is 4.35. The normalized spacial score (nSPS) is 23.8. The number of nitrogens with one attached hydrogen (secondary N) is 1. The van der Waals surface area contributed by atoms with Crippen molar-refractivity contribution in [3.63, 3.8) is 0 Å². The Hall–Kier alpha value is -1.06. The second-order valence-electron chi connectivity index (χ2n) is 5.75. The van der Waals surface area contributed by atoms with Crippen molar-refractivity contribution in [3.05, 3.63) is 29.3 Å².